The van der Waals surface area contributed by atoms with Crippen LogP contribution in [0.3, 0.4) is 0 Å². The minimum atomic E-state index is -1.40. The summed E-state index contributed by atoms with van der Waals surface area (Å²) in [6.45, 7) is 3.77. The van der Waals surface area contributed by atoms with Crippen molar-refractivity contribution in [2.75, 3.05) is 6.54 Å². The molecule has 0 spiro atoms. The van der Waals surface area contributed by atoms with Crippen molar-refractivity contribution in [1.82, 2.24) is 16.0 Å². The van der Waals surface area contributed by atoms with E-state index in [1.165, 1.54) is 0 Å². The maximum atomic E-state index is 13.3. The van der Waals surface area contributed by atoms with Crippen molar-refractivity contribution in [1.29, 1.82) is 0 Å². The topological polar surface area (TPSA) is 252 Å². The zero-order valence-corrected chi connectivity index (χ0v) is 22.1. The fraction of sp³-hybridized carbons (Fsp3) is 0.520. The molecule has 216 valence electrons. The maximum absolute atomic E-state index is 13.3. The summed E-state index contributed by atoms with van der Waals surface area (Å²) in [4.78, 5) is 65.5. The van der Waals surface area contributed by atoms with Gasteiger partial charge in [0.25, 0.3) is 0 Å². The fourth-order valence-electron chi connectivity index (χ4n) is 3.63. The average Bonchev–Trinajstić information content (AvgIpc) is 2.84. The molecule has 1 aromatic carbocycles. The quantitative estimate of drug-likeness (QED) is 0.0645. The molecule has 0 aliphatic heterocycles. The monoisotopic (exact) mass is 549 g/mol. The first-order valence-electron chi connectivity index (χ1n) is 12.5. The van der Waals surface area contributed by atoms with Gasteiger partial charge in [0.1, 0.15) is 18.1 Å². The number of nitrogens with two attached hydrogens (primary N) is 3. The van der Waals surface area contributed by atoms with Crippen LogP contribution in [-0.2, 0) is 30.4 Å². The molecule has 0 radical (unpaired) electrons. The highest BCUT2D eigenvalue weighted by atomic mass is 16.4. The minimum Gasteiger partial charge on any atom is -0.481 e. The number of hydrogen-bond donors (Lipinski definition) is 8. The summed E-state index contributed by atoms with van der Waals surface area (Å²) in [6.07, 6.45) is -0.117. The van der Waals surface area contributed by atoms with Gasteiger partial charge in [-0.05, 0) is 30.7 Å². The van der Waals surface area contributed by atoms with Crippen molar-refractivity contribution >= 4 is 35.6 Å². The Morgan fingerprint density at radius 2 is 1.44 bits per heavy atom. The first-order chi connectivity index (χ1) is 18.3. The number of aliphatic carboxylic acids is 2. The van der Waals surface area contributed by atoms with Gasteiger partial charge in [0.15, 0.2) is 5.96 Å². The Bertz CT molecular complexity index is 1010. The fourth-order valence-corrected chi connectivity index (χ4v) is 3.63. The standard InChI is InChI=1S/C25H39N7O7/c1-14(2)11-19(24(38)39)32-22(36)17(9-6-10-29-25(27)28)30-23(37)18(12-15-7-4-3-5-8-15)31-21(35)16(26)13-20(33)34/h3-5,7-8,14,16-19H,6,9-13,26H2,1-2H3,(H,30,37)(H,31,35)(H,32,36)(H,33,34)(H,38,39)(H4,27,28,29). The summed E-state index contributed by atoms with van der Waals surface area (Å²) in [7, 11) is 0. The second-order valence-corrected chi connectivity index (χ2v) is 9.49. The summed E-state index contributed by atoms with van der Waals surface area (Å²) in [5.74, 6) is -5.00. The van der Waals surface area contributed by atoms with E-state index in [-0.39, 0.29) is 44.1 Å². The number of benzene rings is 1. The van der Waals surface area contributed by atoms with Crippen LogP contribution in [0.4, 0.5) is 0 Å². The van der Waals surface area contributed by atoms with Gasteiger partial charge in [-0.15, -0.1) is 0 Å². The Kier molecular flexibility index (Phi) is 14.0. The van der Waals surface area contributed by atoms with E-state index in [1.54, 1.807) is 30.3 Å². The predicted molar refractivity (Wildman–Crippen MR) is 143 cm³/mol. The number of carbonyl (C=O) groups excluding carboxylic acids is 3. The molecule has 0 aromatic heterocycles. The molecule has 1 aromatic rings. The molecule has 0 aliphatic carbocycles. The average molecular weight is 550 g/mol. The van der Waals surface area contributed by atoms with Gasteiger partial charge < -0.3 is 43.4 Å². The first-order valence-corrected chi connectivity index (χ1v) is 12.5. The number of carbonyl (C=O) groups is 5. The number of guanidine groups is 1. The van der Waals surface area contributed by atoms with Gasteiger partial charge in [-0.2, -0.15) is 0 Å². The second-order valence-electron chi connectivity index (χ2n) is 9.49. The van der Waals surface area contributed by atoms with E-state index < -0.39 is 60.2 Å². The lowest BCUT2D eigenvalue weighted by molar-refractivity contribution is -0.142. The van der Waals surface area contributed by atoms with Crippen molar-refractivity contribution < 1.29 is 34.2 Å². The van der Waals surface area contributed by atoms with Crippen LogP contribution in [0.5, 0.6) is 0 Å². The van der Waals surface area contributed by atoms with Crippen molar-refractivity contribution in [3.8, 4) is 0 Å². The Labute approximate surface area is 226 Å². The molecule has 3 amide bonds. The van der Waals surface area contributed by atoms with Crippen molar-refractivity contribution in [3.05, 3.63) is 35.9 Å². The van der Waals surface area contributed by atoms with E-state index in [9.17, 15) is 29.1 Å². The molecule has 14 nitrogen and oxygen atoms in total. The van der Waals surface area contributed by atoms with Crippen LogP contribution in [0.25, 0.3) is 0 Å². The van der Waals surface area contributed by atoms with E-state index in [0.717, 1.165) is 0 Å². The Balaban J connectivity index is 3.16. The second kappa shape index (κ2) is 16.6. The highest BCUT2D eigenvalue weighted by Crippen LogP contribution is 2.09. The van der Waals surface area contributed by atoms with E-state index >= 15 is 0 Å². The van der Waals surface area contributed by atoms with Gasteiger partial charge in [0, 0.05) is 13.0 Å². The molecule has 14 heteroatoms. The molecule has 0 aliphatic rings. The Morgan fingerprint density at radius 1 is 0.872 bits per heavy atom. The summed E-state index contributed by atoms with van der Waals surface area (Å²) >= 11 is 0. The lowest BCUT2D eigenvalue weighted by atomic mass is 10.0. The number of amides is 3. The van der Waals surface area contributed by atoms with E-state index in [1.807, 2.05) is 13.8 Å². The molecular weight excluding hydrogens is 510 g/mol. The van der Waals surface area contributed by atoms with Crippen LogP contribution < -0.4 is 33.2 Å². The third-order valence-corrected chi connectivity index (χ3v) is 5.55. The number of nitrogens with one attached hydrogen (secondary N) is 3. The predicted octanol–water partition coefficient (Wildman–Crippen LogP) is -1.33. The summed E-state index contributed by atoms with van der Waals surface area (Å²) in [6, 6.07) is 3.74. The molecule has 1 rings (SSSR count). The molecule has 0 heterocycles. The van der Waals surface area contributed by atoms with Gasteiger partial charge in [0.2, 0.25) is 17.7 Å². The lowest BCUT2D eigenvalue weighted by Crippen LogP contribution is -2.57. The van der Waals surface area contributed by atoms with Gasteiger partial charge in [-0.1, -0.05) is 44.2 Å². The van der Waals surface area contributed by atoms with E-state index in [4.69, 9.17) is 22.3 Å². The summed E-state index contributed by atoms with van der Waals surface area (Å²) in [5.41, 5.74) is 17.0. The van der Waals surface area contributed by atoms with Crippen LogP contribution in [0, 0.1) is 5.92 Å². The molecular formula is C25H39N7O7. The number of aliphatic imine (C=N–C) groups is 1. The number of rotatable bonds is 17. The largest absolute Gasteiger partial charge is 0.481 e. The highest BCUT2D eigenvalue weighted by Gasteiger charge is 2.31. The molecule has 4 unspecified atom stereocenters. The molecule has 11 N–H and O–H groups in total. The van der Waals surface area contributed by atoms with Crippen LogP contribution >= 0.6 is 0 Å². The van der Waals surface area contributed by atoms with Crippen molar-refractivity contribution in [2.45, 2.75) is 70.1 Å². The lowest BCUT2D eigenvalue weighted by Gasteiger charge is -2.25. The molecule has 4 atom stereocenters. The third kappa shape index (κ3) is 13.2. The zero-order chi connectivity index (χ0) is 29.5. The molecule has 0 saturated carbocycles. The SMILES string of the molecule is CC(C)CC(NC(=O)C(CCCN=C(N)N)NC(=O)C(Cc1ccccc1)NC(=O)C(N)CC(=O)O)C(=O)O. The number of carboxylic acid groups (broad SMARTS) is 2. The van der Waals surface area contributed by atoms with Crippen LogP contribution in [0.2, 0.25) is 0 Å². The van der Waals surface area contributed by atoms with Gasteiger partial charge >= 0.3 is 11.9 Å². The van der Waals surface area contributed by atoms with Crippen molar-refractivity contribution in [2.24, 2.45) is 28.1 Å². The first kappa shape index (κ1) is 32.8. The van der Waals surface area contributed by atoms with Gasteiger partial charge in [-0.25, -0.2) is 4.79 Å². The van der Waals surface area contributed by atoms with Gasteiger partial charge in [-0.3, -0.25) is 24.2 Å². The third-order valence-electron chi connectivity index (χ3n) is 5.55. The number of hydrogen-bond acceptors (Lipinski definition) is 7. The van der Waals surface area contributed by atoms with Gasteiger partial charge in [0.05, 0.1) is 12.5 Å². The van der Waals surface area contributed by atoms with Crippen molar-refractivity contribution in [3.63, 3.8) is 0 Å². The molecule has 0 fully saturated rings. The summed E-state index contributed by atoms with van der Waals surface area (Å²) in [5, 5.41) is 26.0. The number of carboxylic acids is 2. The highest BCUT2D eigenvalue weighted by molar-refractivity contribution is 5.94. The summed E-state index contributed by atoms with van der Waals surface area (Å²) < 4.78 is 0. The van der Waals surface area contributed by atoms with Crippen LogP contribution in [0.15, 0.2) is 35.3 Å². The Morgan fingerprint density at radius 3 is 1.97 bits per heavy atom. The number of nitrogens with zero attached hydrogens (tertiary/aromatic N) is 1. The smallest absolute Gasteiger partial charge is 0.326 e. The van der Waals surface area contributed by atoms with Crippen LogP contribution in [-0.4, -0.2) is 76.5 Å². The maximum Gasteiger partial charge on any atom is 0.326 e. The molecule has 39 heavy (non-hydrogen) atoms. The molecule has 0 saturated heterocycles. The molecule has 0 bridgehead atoms. The van der Waals surface area contributed by atoms with E-state index in [2.05, 4.69) is 20.9 Å². The van der Waals surface area contributed by atoms with E-state index in [0.29, 0.717) is 5.56 Å². The Hall–Kier alpha value is -4.20. The normalized spacial score (nSPS) is 13.8. The zero-order valence-electron chi connectivity index (χ0n) is 22.1. The minimum absolute atomic E-state index is 0.0195. The van der Waals surface area contributed by atoms with Crippen LogP contribution in [0.1, 0.15) is 45.1 Å².